The lowest BCUT2D eigenvalue weighted by molar-refractivity contribution is 0.0936. The van der Waals surface area contributed by atoms with Gasteiger partial charge in [-0.05, 0) is 18.4 Å². The summed E-state index contributed by atoms with van der Waals surface area (Å²) in [6, 6.07) is 6.84. The molecule has 0 fully saturated rings. The molecule has 7 heteroatoms. The van der Waals surface area contributed by atoms with Gasteiger partial charge in [0.1, 0.15) is 11.3 Å². The second-order valence-electron chi connectivity index (χ2n) is 4.30. The number of aromatic nitrogens is 1. The highest BCUT2D eigenvalue weighted by Gasteiger charge is 2.30. The summed E-state index contributed by atoms with van der Waals surface area (Å²) in [6.07, 6.45) is 3.43. The lowest BCUT2D eigenvalue weighted by atomic mass is 10.2. The molecular formula is C14H10Cl2N2O2S. The maximum absolute atomic E-state index is 12.6. The molecule has 21 heavy (non-hydrogen) atoms. The lowest BCUT2D eigenvalue weighted by Crippen LogP contribution is -2.39. The molecule has 1 aliphatic heterocycles. The molecule has 0 saturated heterocycles. The van der Waals surface area contributed by atoms with Gasteiger partial charge in [0, 0.05) is 12.3 Å². The smallest absolute Gasteiger partial charge is 0.266 e. The third-order valence-electron chi connectivity index (χ3n) is 3.08. The average molecular weight is 341 g/mol. The van der Waals surface area contributed by atoms with Crippen LogP contribution in [0.15, 0.2) is 35.5 Å². The molecule has 0 spiro atoms. The summed E-state index contributed by atoms with van der Waals surface area (Å²) < 4.78 is 5.65. The van der Waals surface area contributed by atoms with Crippen LogP contribution in [-0.4, -0.2) is 23.9 Å². The van der Waals surface area contributed by atoms with Gasteiger partial charge >= 0.3 is 0 Å². The number of para-hydroxylation sites is 1. The first-order chi connectivity index (χ1) is 10.1. The predicted octanol–water partition coefficient (Wildman–Crippen LogP) is 4.11. The second kappa shape index (κ2) is 5.75. The van der Waals surface area contributed by atoms with Crippen LogP contribution in [0.5, 0.6) is 5.75 Å². The van der Waals surface area contributed by atoms with E-state index < -0.39 is 0 Å². The van der Waals surface area contributed by atoms with Gasteiger partial charge in [0.05, 0.1) is 20.8 Å². The van der Waals surface area contributed by atoms with E-state index in [-0.39, 0.29) is 12.6 Å². The van der Waals surface area contributed by atoms with Crippen molar-refractivity contribution in [1.29, 1.82) is 0 Å². The van der Waals surface area contributed by atoms with E-state index in [9.17, 15) is 4.79 Å². The zero-order valence-electron chi connectivity index (χ0n) is 11.0. The van der Waals surface area contributed by atoms with Crippen molar-refractivity contribution in [3.05, 3.63) is 46.1 Å². The predicted molar refractivity (Wildman–Crippen MR) is 84.8 cm³/mol. The summed E-state index contributed by atoms with van der Waals surface area (Å²) in [7, 11) is 0. The van der Waals surface area contributed by atoms with Crippen LogP contribution in [-0.2, 0) is 0 Å². The number of hydrogen-bond acceptors (Lipinski definition) is 4. The van der Waals surface area contributed by atoms with Gasteiger partial charge in [-0.25, -0.2) is 4.98 Å². The Kier molecular flexibility index (Phi) is 3.97. The number of ether oxygens (including phenoxy) is 1. The lowest BCUT2D eigenvalue weighted by Gasteiger charge is -2.29. The largest absolute Gasteiger partial charge is 0.472 e. The van der Waals surface area contributed by atoms with Crippen LogP contribution in [0.3, 0.4) is 0 Å². The minimum atomic E-state index is -0.230. The van der Waals surface area contributed by atoms with Crippen molar-refractivity contribution in [3.63, 3.8) is 0 Å². The number of hydrogen-bond donors (Lipinski definition) is 0. The molecule has 4 nitrogen and oxygen atoms in total. The number of benzene rings is 1. The Labute approximate surface area is 136 Å². The zero-order chi connectivity index (χ0) is 15.0. The molecule has 2 aromatic rings. The van der Waals surface area contributed by atoms with Gasteiger partial charge in [0.25, 0.3) is 5.91 Å². The van der Waals surface area contributed by atoms with Crippen molar-refractivity contribution >= 4 is 46.6 Å². The molecule has 108 valence electrons. The molecule has 0 radical (unpaired) electrons. The minimum absolute atomic E-state index is 0.0626. The normalized spacial score (nSPS) is 13.9. The molecule has 0 atom stereocenters. The fraction of sp³-hybridized carbons (Fsp3) is 0.143. The highest BCUT2D eigenvalue weighted by atomic mass is 35.5. The molecule has 1 aliphatic rings. The Morgan fingerprint density at radius 3 is 2.71 bits per heavy atom. The molecule has 2 heterocycles. The molecule has 0 bridgehead atoms. The standard InChI is InChI=1S/C14H10Cl2N2O2S/c1-21-12-5-11-8(6-17-12)14(19)18(7-20-11)13-9(15)3-2-4-10(13)16/h2-6H,7H2,1H3. The van der Waals surface area contributed by atoms with Crippen LogP contribution in [0.25, 0.3) is 0 Å². The van der Waals surface area contributed by atoms with Gasteiger partial charge in [0.15, 0.2) is 6.73 Å². The van der Waals surface area contributed by atoms with E-state index >= 15 is 0 Å². The van der Waals surface area contributed by atoms with Crippen LogP contribution < -0.4 is 9.64 Å². The summed E-state index contributed by atoms with van der Waals surface area (Å²) in [6.45, 7) is 0.0626. The van der Waals surface area contributed by atoms with Gasteiger partial charge in [-0.3, -0.25) is 9.69 Å². The van der Waals surface area contributed by atoms with E-state index in [1.165, 1.54) is 22.9 Å². The molecule has 1 aromatic carbocycles. The monoisotopic (exact) mass is 340 g/mol. The number of thioether (sulfide) groups is 1. The summed E-state index contributed by atoms with van der Waals surface area (Å²) >= 11 is 13.8. The molecule has 0 N–H and O–H groups in total. The van der Waals surface area contributed by atoms with Crippen LogP contribution in [0, 0.1) is 0 Å². The van der Waals surface area contributed by atoms with Gasteiger partial charge in [-0.2, -0.15) is 0 Å². The van der Waals surface area contributed by atoms with Crippen molar-refractivity contribution in [2.75, 3.05) is 17.9 Å². The van der Waals surface area contributed by atoms with Crippen molar-refractivity contribution in [1.82, 2.24) is 4.98 Å². The number of halogens is 2. The van der Waals surface area contributed by atoms with Gasteiger partial charge in [-0.1, -0.05) is 29.3 Å². The number of fused-ring (bicyclic) bond motifs is 1. The quantitative estimate of drug-likeness (QED) is 0.771. The first-order valence-corrected chi connectivity index (χ1v) is 8.02. The number of carbonyl (C=O) groups excluding carboxylic acids is 1. The van der Waals surface area contributed by atoms with E-state index in [0.717, 1.165) is 5.03 Å². The van der Waals surface area contributed by atoms with Crippen molar-refractivity contribution in [2.45, 2.75) is 5.03 Å². The van der Waals surface area contributed by atoms with Crippen LogP contribution >= 0.6 is 35.0 Å². The highest BCUT2D eigenvalue weighted by Crippen LogP contribution is 2.37. The molecule has 0 saturated carbocycles. The molecular weight excluding hydrogens is 331 g/mol. The highest BCUT2D eigenvalue weighted by molar-refractivity contribution is 7.98. The van der Waals surface area contributed by atoms with Crippen LogP contribution in [0.1, 0.15) is 10.4 Å². The van der Waals surface area contributed by atoms with Crippen molar-refractivity contribution in [2.24, 2.45) is 0 Å². The Morgan fingerprint density at radius 1 is 1.33 bits per heavy atom. The molecule has 0 unspecified atom stereocenters. The average Bonchev–Trinajstić information content (AvgIpc) is 2.49. The molecule has 3 rings (SSSR count). The third-order valence-corrected chi connectivity index (χ3v) is 4.33. The first-order valence-electron chi connectivity index (χ1n) is 6.04. The SMILES string of the molecule is CSc1cc2c(cn1)C(=O)N(c1c(Cl)cccc1Cl)CO2. The zero-order valence-corrected chi connectivity index (χ0v) is 13.3. The van der Waals surface area contributed by atoms with E-state index in [1.807, 2.05) is 6.26 Å². The number of nitrogens with zero attached hydrogens (tertiary/aromatic N) is 2. The Balaban J connectivity index is 2.03. The molecule has 1 aromatic heterocycles. The van der Waals surface area contributed by atoms with E-state index in [2.05, 4.69) is 4.98 Å². The Bertz CT molecular complexity index is 704. The topological polar surface area (TPSA) is 42.4 Å². The summed E-state index contributed by atoms with van der Waals surface area (Å²) in [4.78, 5) is 18.2. The van der Waals surface area contributed by atoms with Gasteiger partial charge in [0.2, 0.25) is 0 Å². The van der Waals surface area contributed by atoms with E-state index in [0.29, 0.717) is 27.0 Å². The number of rotatable bonds is 2. The number of carbonyl (C=O) groups is 1. The van der Waals surface area contributed by atoms with Gasteiger partial charge in [-0.15, -0.1) is 11.8 Å². The molecule has 0 aliphatic carbocycles. The van der Waals surface area contributed by atoms with E-state index in [4.69, 9.17) is 27.9 Å². The summed E-state index contributed by atoms with van der Waals surface area (Å²) in [5, 5.41) is 1.60. The first kappa shape index (κ1) is 14.5. The van der Waals surface area contributed by atoms with Gasteiger partial charge < -0.3 is 4.74 Å². The Morgan fingerprint density at radius 2 is 2.05 bits per heavy atom. The summed E-state index contributed by atoms with van der Waals surface area (Å²) in [5.41, 5.74) is 0.848. The molecule has 1 amide bonds. The van der Waals surface area contributed by atoms with Crippen molar-refractivity contribution < 1.29 is 9.53 Å². The third kappa shape index (κ3) is 2.57. The fourth-order valence-corrected chi connectivity index (χ4v) is 3.05. The maximum Gasteiger partial charge on any atom is 0.266 e. The number of anilines is 1. The minimum Gasteiger partial charge on any atom is -0.472 e. The number of pyridine rings is 1. The Hall–Kier alpha value is -1.43. The van der Waals surface area contributed by atoms with Crippen LogP contribution in [0.2, 0.25) is 10.0 Å². The summed E-state index contributed by atoms with van der Waals surface area (Å²) in [5.74, 6) is 0.296. The maximum atomic E-state index is 12.6. The van der Waals surface area contributed by atoms with Crippen molar-refractivity contribution in [3.8, 4) is 5.75 Å². The number of amides is 1. The van der Waals surface area contributed by atoms with E-state index in [1.54, 1.807) is 24.3 Å². The second-order valence-corrected chi connectivity index (χ2v) is 5.94. The fourth-order valence-electron chi connectivity index (χ4n) is 2.06. The van der Waals surface area contributed by atoms with Crippen LogP contribution in [0.4, 0.5) is 5.69 Å².